The Labute approximate surface area is 163 Å². The van der Waals surface area contributed by atoms with E-state index in [-0.39, 0.29) is 18.4 Å². The summed E-state index contributed by atoms with van der Waals surface area (Å²) in [5.74, 6) is 0.208. The molecule has 8 heteroatoms. The molecule has 1 saturated carbocycles. The second kappa shape index (κ2) is 7.61. The summed E-state index contributed by atoms with van der Waals surface area (Å²) in [6.07, 6.45) is 6.23. The van der Waals surface area contributed by atoms with Crippen LogP contribution in [0.2, 0.25) is 0 Å². The number of ether oxygens (including phenoxy) is 1. The minimum Gasteiger partial charge on any atom is -0.481 e. The van der Waals surface area contributed by atoms with E-state index in [9.17, 15) is 9.59 Å². The van der Waals surface area contributed by atoms with Crippen molar-refractivity contribution in [2.45, 2.75) is 58.3 Å². The maximum atomic E-state index is 12.9. The van der Waals surface area contributed by atoms with Crippen molar-refractivity contribution in [3.05, 3.63) is 40.8 Å². The van der Waals surface area contributed by atoms with Gasteiger partial charge < -0.3 is 15.0 Å². The minimum atomic E-state index is -0.270. The average Bonchev–Trinajstić information content (AvgIpc) is 3.45. The molecule has 1 aliphatic heterocycles. The molecular formula is C20H25N5O3. The van der Waals surface area contributed by atoms with E-state index in [1.165, 1.54) is 12.8 Å². The number of pyridine rings is 1. The third-order valence-electron chi connectivity index (χ3n) is 5.55. The summed E-state index contributed by atoms with van der Waals surface area (Å²) < 4.78 is 7.11. The molecule has 2 aromatic rings. The van der Waals surface area contributed by atoms with Gasteiger partial charge in [0.05, 0.1) is 24.9 Å². The van der Waals surface area contributed by atoms with Gasteiger partial charge in [-0.3, -0.25) is 14.3 Å². The fourth-order valence-electron chi connectivity index (χ4n) is 4.01. The highest BCUT2D eigenvalue weighted by molar-refractivity contribution is 5.98. The maximum absolute atomic E-state index is 12.9. The Kier molecular flexibility index (Phi) is 5.02. The quantitative estimate of drug-likeness (QED) is 0.825. The number of aryl methyl sites for hydroxylation is 1. The van der Waals surface area contributed by atoms with Crippen LogP contribution in [0.1, 0.15) is 64.7 Å². The van der Waals surface area contributed by atoms with Gasteiger partial charge in [-0.2, -0.15) is 5.10 Å². The van der Waals surface area contributed by atoms with Gasteiger partial charge in [-0.15, -0.1) is 0 Å². The number of amides is 2. The van der Waals surface area contributed by atoms with Crippen molar-refractivity contribution >= 4 is 11.8 Å². The van der Waals surface area contributed by atoms with E-state index < -0.39 is 0 Å². The van der Waals surface area contributed by atoms with Crippen molar-refractivity contribution in [3.63, 3.8) is 0 Å². The SMILES string of the molecule is CCn1ccc(C(=O)NCc2cc3c(nc2OC)CN(C2CCCC2)C3=O)n1. The smallest absolute Gasteiger partial charge is 0.272 e. The number of methoxy groups -OCH3 is 1. The molecular weight excluding hydrogens is 358 g/mol. The van der Waals surface area contributed by atoms with Crippen LogP contribution in [0.3, 0.4) is 0 Å². The maximum Gasteiger partial charge on any atom is 0.272 e. The Balaban J connectivity index is 1.50. The highest BCUT2D eigenvalue weighted by atomic mass is 16.5. The average molecular weight is 383 g/mol. The van der Waals surface area contributed by atoms with Crippen molar-refractivity contribution in [3.8, 4) is 5.88 Å². The zero-order valence-electron chi connectivity index (χ0n) is 16.3. The van der Waals surface area contributed by atoms with Crippen LogP contribution in [0.15, 0.2) is 18.3 Å². The standard InChI is InChI=1S/C20H25N5O3/c1-3-24-9-8-16(23-24)18(26)21-11-13-10-15-17(22-19(13)28-2)12-25(20(15)27)14-6-4-5-7-14/h8-10,14H,3-7,11-12H2,1-2H3,(H,21,26). The summed E-state index contributed by atoms with van der Waals surface area (Å²) in [5, 5.41) is 7.04. The minimum absolute atomic E-state index is 0.0336. The Morgan fingerprint density at radius 3 is 2.82 bits per heavy atom. The van der Waals surface area contributed by atoms with Crippen molar-refractivity contribution < 1.29 is 14.3 Å². The number of fused-ring (bicyclic) bond motifs is 1. The van der Waals surface area contributed by atoms with Gasteiger partial charge >= 0.3 is 0 Å². The lowest BCUT2D eigenvalue weighted by molar-refractivity contribution is 0.0706. The van der Waals surface area contributed by atoms with Crippen LogP contribution >= 0.6 is 0 Å². The molecule has 2 aromatic heterocycles. The molecule has 0 bridgehead atoms. The molecule has 148 valence electrons. The van der Waals surface area contributed by atoms with E-state index in [1.807, 2.05) is 17.9 Å². The molecule has 0 spiro atoms. The predicted octanol–water partition coefficient (Wildman–Crippen LogP) is 2.13. The third-order valence-corrected chi connectivity index (χ3v) is 5.55. The van der Waals surface area contributed by atoms with Gasteiger partial charge in [-0.25, -0.2) is 4.98 Å². The Bertz CT molecular complexity index is 901. The molecule has 1 N–H and O–H groups in total. The molecule has 2 aliphatic rings. The van der Waals surface area contributed by atoms with Crippen molar-refractivity contribution in [1.82, 2.24) is 25.0 Å². The zero-order chi connectivity index (χ0) is 19.7. The Hall–Kier alpha value is -2.90. The predicted molar refractivity (Wildman–Crippen MR) is 102 cm³/mol. The largest absolute Gasteiger partial charge is 0.481 e. The van der Waals surface area contributed by atoms with Gasteiger partial charge in [0, 0.05) is 30.9 Å². The Morgan fingerprint density at radius 2 is 2.14 bits per heavy atom. The molecule has 1 aliphatic carbocycles. The molecule has 0 radical (unpaired) electrons. The summed E-state index contributed by atoms with van der Waals surface area (Å²) in [5.41, 5.74) is 2.42. The molecule has 4 rings (SSSR count). The van der Waals surface area contributed by atoms with Crippen LogP contribution in [0.4, 0.5) is 0 Å². The van der Waals surface area contributed by atoms with Gasteiger partial charge in [0.15, 0.2) is 0 Å². The lowest BCUT2D eigenvalue weighted by Crippen LogP contribution is -2.33. The summed E-state index contributed by atoms with van der Waals surface area (Å²) in [6.45, 7) is 3.42. The number of carbonyl (C=O) groups excluding carboxylic acids is 2. The van der Waals surface area contributed by atoms with Crippen LogP contribution in [-0.2, 0) is 19.6 Å². The van der Waals surface area contributed by atoms with Crippen molar-refractivity contribution in [2.75, 3.05) is 7.11 Å². The summed E-state index contributed by atoms with van der Waals surface area (Å²) in [6, 6.07) is 3.80. The van der Waals surface area contributed by atoms with Crippen molar-refractivity contribution in [1.29, 1.82) is 0 Å². The first kappa shape index (κ1) is 18.5. The first-order chi connectivity index (χ1) is 13.6. The van der Waals surface area contributed by atoms with Gasteiger partial charge in [-0.1, -0.05) is 12.8 Å². The molecule has 0 unspecified atom stereocenters. The number of aromatic nitrogens is 3. The molecule has 0 saturated heterocycles. The molecule has 3 heterocycles. The molecule has 1 fully saturated rings. The second-order valence-electron chi connectivity index (χ2n) is 7.26. The summed E-state index contributed by atoms with van der Waals surface area (Å²) in [7, 11) is 1.55. The first-order valence-corrected chi connectivity index (χ1v) is 9.80. The van der Waals surface area contributed by atoms with E-state index in [4.69, 9.17) is 4.74 Å². The second-order valence-corrected chi connectivity index (χ2v) is 7.26. The molecule has 0 aromatic carbocycles. The number of rotatable bonds is 6. The van der Waals surface area contributed by atoms with Crippen LogP contribution in [-0.4, -0.2) is 44.6 Å². The molecule has 2 amide bonds. The number of hydrogen-bond donors (Lipinski definition) is 1. The van der Waals surface area contributed by atoms with Crippen LogP contribution in [0, 0.1) is 0 Å². The number of hydrogen-bond acceptors (Lipinski definition) is 5. The van der Waals surface area contributed by atoms with Crippen LogP contribution in [0.25, 0.3) is 0 Å². The van der Waals surface area contributed by atoms with E-state index in [0.29, 0.717) is 41.8 Å². The zero-order valence-corrected chi connectivity index (χ0v) is 16.3. The van der Waals surface area contributed by atoms with E-state index in [1.54, 1.807) is 24.1 Å². The third kappa shape index (κ3) is 3.34. The van der Waals surface area contributed by atoms with E-state index >= 15 is 0 Å². The van der Waals surface area contributed by atoms with Gasteiger partial charge in [0.25, 0.3) is 11.8 Å². The number of nitrogens with one attached hydrogen (secondary N) is 1. The molecule has 0 atom stereocenters. The lowest BCUT2D eigenvalue weighted by Gasteiger charge is -2.22. The van der Waals surface area contributed by atoms with Gasteiger partial charge in [0.2, 0.25) is 5.88 Å². The van der Waals surface area contributed by atoms with Crippen molar-refractivity contribution in [2.24, 2.45) is 0 Å². The topological polar surface area (TPSA) is 89.4 Å². The van der Waals surface area contributed by atoms with Gasteiger partial charge in [-0.05, 0) is 31.9 Å². The fraction of sp³-hybridized carbons (Fsp3) is 0.500. The van der Waals surface area contributed by atoms with Crippen LogP contribution in [0.5, 0.6) is 5.88 Å². The number of nitrogens with zero attached hydrogens (tertiary/aromatic N) is 4. The fourth-order valence-corrected chi connectivity index (χ4v) is 4.01. The highest BCUT2D eigenvalue weighted by Gasteiger charge is 2.35. The molecule has 8 nitrogen and oxygen atoms in total. The summed E-state index contributed by atoms with van der Waals surface area (Å²) >= 11 is 0. The normalized spacial score (nSPS) is 16.5. The first-order valence-electron chi connectivity index (χ1n) is 9.80. The Morgan fingerprint density at radius 1 is 1.36 bits per heavy atom. The molecule has 28 heavy (non-hydrogen) atoms. The summed E-state index contributed by atoms with van der Waals surface area (Å²) in [4.78, 5) is 31.7. The van der Waals surface area contributed by atoms with Crippen LogP contribution < -0.4 is 10.1 Å². The highest BCUT2D eigenvalue weighted by Crippen LogP contribution is 2.33. The number of carbonyl (C=O) groups is 2. The van der Waals surface area contributed by atoms with E-state index in [2.05, 4.69) is 15.4 Å². The van der Waals surface area contributed by atoms with E-state index in [0.717, 1.165) is 18.5 Å². The van der Waals surface area contributed by atoms with Gasteiger partial charge in [0.1, 0.15) is 5.69 Å². The monoisotopic (exact) mass is 383 g/mol. The lowest BCUT2D eigenvalue weighted by atomic mass is 10.1.